The quantitative estimate of drug-likeness (QED) is 0.647. The van der Waals surface area contributed by atoms with Gasteiger partial charge in [-0.2, -0.15) is 0 Å². The molecule has 0 bridgehead atoms. The Labute approximate surface area is 142 Å². The maximum absolute atomic E-state index is 12.3. The lowest BCUT2D eigenvalue weighted by Gasteiger charge is -2.07. The molecule has 0 aliphatic rings. The summed E-state index contributed by atoms with van der Waals surface area (Å²) < 4.78 is 6.65. The third kappa shape index (κ3) is 3.46. The summed E-state index contributed by atoms with van der Waals surface area (Å²) in [5, 5.41) is 2.83. The predicted octanol–water partition coefficient (Wildman–Crippen LogP) is 4.85. The van der Waals surface area contributed by atoms with E-state index in [0.29, 0.717) is 17.1 Å². The molecule has 0 aliphatic heterocycles. The highest BCUT2D eigenvalue weighted by atomic mass is 79.9. The molecule has 0 spiro atoms. The van der Waals surface area contributed by atoms with Crippen molar-refractivity contribution >= 4 is 33.2 Å². The van der Waals surface area contributed by atoms with Crippen molar-refractivity contribution in [3.8, 4) is 11.3 Å². The molecule has 0 fully saturated rings. The second kappa shape index (κ2) is 6.30. The number of furan rings is 1. The smallest absolute Gasteiger partial charge is 0.291 e. The van der Waals surface area contributed by atoms with E-state index in [1.54, 1.807) is 24.3 Å². The average Bonchev–Trinajstić information content (AvgIpc) is 3.01. The number of hydrogen-bond acceptors (Lipinski definition) is 3. The molecule has 23 heavy (non-hydrogen) atoms. The van der Waals surface area contributed by atoms with Crippen LogP contribution < -0.4 is 11.1 Å². The lowest BCUT2D eigenvalue weighted by molar-refractivity contribution is 0.0997. The summed E-state index contributed by atoms with van der Waals surface area (Å²) in [7, 11) is 0. The third-order valence-corrected chi connectivity index (χ3v) is 3.99. The number of carbonyl (C=O) groups excluding carboxylic acids is 1. The number of aryl methyl sites for hydroxylation is 1. The molecule has 3 N–H and O–H groups in total. The van der Waals surface area contributed by atoms with Gasteiger partial charge in [-0.15, -0.1) is 0 Å². The van der Waals surface area contributed by atoms with Gasteiger partial charge in [0.05, 0.1) is 0 Å². The van der Waals surface area contributed by atoms with Crippen LogP contribution in [0, 0.1) is 6.92 Å². The van der Waals surface area contributed by atoms with Crippen LogP contribution in [0.15, 0.2) is 63.5 Å². The number of nitrogen functional groups attached to an aromatic ring is 1. The Morgan fingerprint density at radius 3 is 2.52 bits per heavy atom. The fourth-order valence-electron chi connectivity index (χ4n) is 2.24. The van der Waals surface area contributed by atoms with Crippen molar-refractivity contribution in [3.05, 3.63) is 70.4 Å². The maximum atomic E-state index is 12.3. The van der Waals surface area contributed by atoms with E-state index in [9.17, 15) is 4.79 Å². The van der Waals surface area contributed by atoms with Crippen molar-refractivity contribution in [1.29, 1.82) is 0 Å². The van der Waals surface area contributed by atoms with E-state index in [4.69, 9.17) is 10.2 Å². The Hall–Kier alpha value is -2.53. The molecule has 1 amide bonds. The molecule has 0 saturated carbocycles. The van der Waals surface area contributed by atoms with Gasteiger partial charge in [0.25, 0.3) is 5.91 Å². The SMILES string of the molecule is Cc1cc(N)ccc1NC(=O)c1ccc(-c2ccc(Br)cc2)o1. The van der Waals surface area contributed by atoms with Gasteiger partial charge in [-0.05, 0) is 55.0 Å². The summed E-state index contributed by atoms with van der Waals surface area (Å²) in [5.74, 6) is 0.622. The van der Waals surface area contributed by atoms with Crippen molar-refractivity contribution in [2.75, 3.05) is 11.1 Å². The van der Waals surface area contributed by atoms with E-state index < -0.39 is 0 Å². The molecule has 0 aliphatic carbocycles. The van der Waals surface area contributed by atoms with E-state index in [0.717, 1.165) is 15.6 Å². The predicted molar refractivity (Wildman–Crippen MR) is 95.4 cm³/mol. The van der Waals surface area contributed by atoms with Crippen LogP contribution in [0.5, 0.6) is 0 Å². The molecule has 0 radical (unpaired) electrons. The van der Waals surface area contributed by atoms with Crippen LogP contribution in [0.2, 0.25) is 0 Å². The fraction of sp³-hybridized carbons (Fsp3) is 0.0556. The first kappa shape index (κ1) is 15.4. The molecule has 0 atom stereocenters. The molecule has 1 aromatic heterocycles. The van der Waals surface area contributed by atoms with E-state index in [1.165, 1.54) is 0 Å². The number of nitrogens with two attached hydrogens (primary N) is 1. The molecule has 3 aromatic rings. The van der Waals surface area contributed by atoms with Crippen LogP contribution in [0.4, 0.5) is 11.4 Å². The summed E-state index contributed by atoms with van der Waals surface area (Å²) in [6.07, 6.45) is 0. The van der Waals surface area contributed by atoms with Gasteiger partial charge in [0.2, 0.25) is 0 Å². The van der Waals surface area contributed by atoms with Crippen molar-refractivity contribution in [2.24, 2.45) is 0 Å². The van der Waals surface area contributed by atoms with Crippen LogP contribution in [0.1, 0.15) is 16.1 Å². The average molecular weight is 371 g/mol. The Balaban J connectivity index is 1.79. The molecule has 1 heterocycles. The summed E-state index contributed by atoms with van der Waals surface area (Å²) in [6, 6.07) is 16.5. The molecular formula is C18H15BrN2O2. The topological polar surface area (TPSA) is 68.3 Å². The maximum Gasteiger partial charge on any atom is 0.291 e. The number of amides is 1. The Morgan fingerprint density at radius 2 is 1.83 bits per heavy atom. The first-order chi connectivity index (χ1) is 11.0. The van der Waals surface area contributed by atoms with Gasteiger partial charge in [-0.1, -0.05) is 28.1 Å². The van der Waals surface area contributed by atoms with Gasteiger partial charge in [-0.3, -0.25) is 4.79 Å². The molecule has 3 rings (SSSR count). The second-order valence-electron chi connectivity index (χ2n) is 5.20. The zero-order valence-electron chi connectivity index (χ0n) is 12.5. The standard InChI is InChI=1S/C18H15BrN2O2/c1-11-10-14(20)6-7-15(11)21-18(22)17-9-8-16(23-17)12-2-4-13(19)5-3-12/h2-10H,20H2,1H3,(H,21,22). The first-order valence-corrected chi connectivity index (χ1v) is 7.85. The van der Waals surface area contributed by atoms with Crippen LogP contribution in [0.25, 0.3) is 11.3 Å². The highest BCUT2D eigenvalue weighted by Crippen LogP contribution is 2.25. The molecule has 116 valence electrons. The highest BCUT2D eigenvalue weighted by Gasteiger charge is 2.13. The normalized spacial score (nSPS) is 10.5. The molecular weight excluding hydrogens is 356 g/mol. The number of benzene rings is 2. The summed E-state index contributed by atoms with van der Waals surface area (Å²) in [4.78, 5) is 12.3. The van der Waals surface area contributed by atoms with Gasteiger partial charge in [0.1, 0.15) is 5.76 Å². The van der Waals surface area contributed by atoms with Gasteiger partial charge in [0, 0.05) is 21.4 Å². The molecule has 5 heteroatoms. The number of carbonyl (C=O) groups is 1. The summed E-state index contributed by atoms with van der Waals surface area (Å²) in [5.41, 5.74) is 8.90. The minimum Gasteiger partial charge on any atom is -0.451 e. The molecule has 0 unspecified atom stereocenters. The van der Waals surface area contributed by atoms with Gasteiger partial charge in [0.15, 0.2) is 5.76 Å². The van der Waals surface area contributed by atoms with Crippen molar-refractivity contribution in [2.45, 2.75) is 6.92 Å². The Bertz CT molecular complexity index is 854. The lowest BCUT2D eigenvalue weighted by atomic mass is 10.2. The van der Waals surface area contributed by atoms with Crippen LogP contribution >= 0.6 is 15.9 Å². The minimum absolute atomic E-state index is 0.263. The number of nitrogens with one attached hydrogen (secondary N) is 1. The van der Waals surface area contributed by atoms with E-state index in [1.807, 2.05) is 37.3 Å². The van der Waals surface area contributed by atoms with E-state index >= 15 is 0 Å². The number of rotatable bonds is 3. The highest BCUT2D eigenvalue weighted by molar-refractivity contribution is 9.10. The van der Waals surface area contributed by atoms with Gasteiger partial charge < -0.3 is 15.5 Å². The fourth-order valence-corrected chi connectivity index (χ4v) is 2.50. The minimum atomic E-state index is -0.291. The van der Waals surface area contributed by atoms with Crippen molar-refractivity contribution in [3.63, 3.8) is 0 Å². The third-order valence-electron chi connectivity index (χ3n) is 3.46. The van der Waals surface area contributed by atoms with Gasteiger partial charge in [-0.25, -0.2) is 0 Å². The zero-order valence-corrected chi connectivity index (χ0v) is 14.1. The van der Waals surface area contributed by atoms with Crippen LogP contribution in [0.3, 0.4) is 0 Å². The lowest BCUT2D eigenvalue weighted by Crippen LogP contribution is -2.11. The monoisotopic (exact) mass is 370 g/mol. The second-order valence-corrected chi connectivity index (χ2v) is 6.11. The largest absolute Gasteiger partial charge is 0.451 e. The summed E-state index contributed by atoms with van der Waals surface area (Å²) in [6.45, 7) is 1.89. The first-order valence-electron chi connectivity index (χ1n) is 7.06. The molecule has 2 aromatic carbocycles. The van der Waals surface area contributed by atoms with E-state index in [2.05, 4.69) is 21.2 Å². The zero-order chi connectivity index (χ0) is 16.4. The van der Waals surface area contributed by atoms with E-state index in [-0.39, 0.29) is 11.7 Å². The number of hydrogen-bond donors (Lipinski definition) is 2. The molecule has 0 saturated heterocycles. The Morgan fingerprint density at radius 1 is 1.09 bits per heavy atom. The summed E-state index contributed by atoms with van der Waals surface area (Å²) >= 11 is 3.39. The van der Waals surface area contributed by atoms with Crippen LogP contribution in [-0.4, -0.2) is 5.91 Å². The number of halogens is 1. The Kier molecular flexibility index (Phi) is 4.21. The molecule has 4 nitrogen and oxygen atoms in total. The van der Waals surface area contributed by atoms with Crippen molar-refractivity contribution < 1.29 is 9.21 Å². The van der Waals surface area contributed by atoms with Gasteiger partial charge >= 0.3 is 0 Å². The van der Waals surface area contributed by atoms with Crippen molar-refractivity contribution in [1.82, 2.24) is 0 Å². The van der Waals surface area contributed by atoms with Crippen LogP contribution in [-0.2, 0) is 0 Å². The number of anilines is 2.